The second-order valence-corrected chi connectivity index (χ2v) is 6.75. The van der Waals surface area contributed by atoms with Crippen molar-refractivity contribution in [3.05, 3.63) is 17.8 Å². The number of nitrogens with zero attached hydrogens (tertiary/aromatic N) is 3. The van der Waals surface area contributed by atoms with Crippen LogP contribution < -0.4 is 10.6 Å². The van der Waals surface area contributed by atoms with Crippen molar-refractivity contribution in [2.45, 2.75) is 40.0 Å². The number of hydrogen-bond donors (Lipinski definition) is 1. The fourth-order valence-electron chi connectivity index (χ4n) is 1.72. The van der Waals surface area contributed by atoms with Gasteiger partial charge in [0.1, 0.15) is 0 Å². The second kappa shape index (κ2) is 5.22. The van der Waals surface area contributed by atoms with Crippen LogP contribution >= 0.6 is 0 Å². The van der Waals surface area contributed by atoms with Crippen LogP contribution in [0.3, 0.4) is 0 Å². The topological polar surface area (TPSA) is 55.0 Å². The van der Waals surface area contributed by atoms with Gasteiger partial charge in [0, 0.05) is 19.0 Å². The number of hydrogen-bond acceptors (Lipinski definition) is 4. The molecule has 102 valence electrons. The SMILES string of the molecule is CN(CC(C)(C)CN)c1ccc(C(C)(C)C)nn1. The molecule has 4 heteroatoms. The number of aromatic nitrogens is 2. The minimum atomic E-state index is 0.0423. The van der Waals surface area contributed by atoms with Gasteiger partial charge >= 0.3 is 0 Å². The standard InChI is InChI=1S/C14H26N4/c1-13(2,3)11-7-8-12(17-16-11)18(6)10-14(4,5)9-15/h7-8H,9-10,15H2,1-6H3. The van der Waals surface area contributed by atoms with E-state index in [4.69, 9.17) is 5.73 Å². The maximum Gasteiger partial charge on any atom is 0.151 e. The molecule has 0 atom stereocenters. The zero-order valence-electron chi connectivity index (χ0n) is 12.5. The molecule has 0 spiro atoms. The molecule has 18 heavy (non-hydrogen) atoms. The van der Waals surface area contributed by atoms with E-state index < -0.39 is 0 Å². The van der Waals surface area contributed by atoms with Crippen LogP contribution in [0.2, 0.25) is 0 Å². The predicted molar refractivity (Wildman–Crippen MR) is 76.8 cm³/mol. The summed E-state index contributed by atoms with van der Waals surface area (Å²) < 4.78 is 0. The lowest BCUT2D eigenvalue weighted by Gasteiger charge is -2.29. The predicted octanol–water partition coefficient (Wildman–Crippen LogP) is 2.20. The molecule has 0 bridgehead atoms. The highest BCUT2D eigenvalue weighted by molar-refractivity contribution is 5.37. The molecule has 1 aromatic rings. The molecule has 0 aromatic carbocycles. The van der Waals surface area contributed by atoms with Gasteiger partial charge in [0.05, 0.1) is 5.69 Å². The van der Waals surface area contributed by atoms with E-state index in [9.17, 15) is 0 Å². The molecule has 4 nitrogen and oxygen atoms in total. The molecule has 0 aliphatic heterocycles. The Bertz CT molecular complexity index is 376. The zero-order valence-corrected chi connectivity index (χ0v) is 12.5. The molecule has 0 aliphatic carbocycles. The van der Waals surface area contributed by atoms with Gasteiger partial charge < -0.3 is 10.6 Å². The van der Waals surface area contributed by atoms with E-state index in [1.807, 2.05) is 19.2 Å². The van der Waals surface area contributed by atoms with Crippen molar-refractivity contribution in [2.24, 2.45) is 11.1 Å². The zero-order chi connectivity index (χ0) is 14.0. The first-order valence-electron chi connectivity index (χ1n) is 6.41. The Kier molecular flexibility index (Phi) is 4.32. The summed E-state index contributed by atoms with van der Waals surface area (Å²) in [4.78, 5) is 2.10. The van der Waals surface area contributed by atoms with E-state index >= 15 is 0 Å². The Labute approximate surface area is 111 Å². The Morgan fingerprint density at radius 3 is 2.11 bits per heavy atom. The largest absolute Gasteiger partial charge is 0.358 e. The van der Waals surface area contributed by atoms with Crippen molar-refractivity contribution in [3.63, 3.8) is 0 Å². The molecule has 0 aliphatic rings. The Balaban J connectivity index is 2.80. The fraction of sp³-hybridized carbons (Fsp3) is 0.714. The Morgan fingerprint density at radius 2 is 1.72 bits per heavy atom. The first-order valence-corrected chi connectivity index (χ1v) is 6.41. The van der Waals surface area contributed by atoms with Crippen molar-refractivity contribution in [1.82, 2.24) is 10.2 Å². The third-order valence-electron chi connectivity index (χ3n) is 3.03. The molecule has 0 fully saturated rings. The maximum atomic E-state index is 5.75. The molecule has 1 heterocycles. The smallest absolute Gasteiger partial charge is 0.151 e. The molecular formula is C14H26N4. The molecule has 1 rings (SSSR count). The number of nitrogens with two attached hydrogens (primary N) is 1. The van der Waals surface area contributed by atoms with Gasteiger partial charge in [-0.1, -0.05) is 34.6 Å². The van der Waals surface area contributed by atoms with Crippen molar-refractivity contribution in [3.8, 4) is 0 Å². The lowest BCUT2D eigenvalue weighted by Crippen LogP contribution is -2.37. The summed E-state index contributed by atoms with van der Waals surface area (Å²) >= 11 is 0. The summed E-state index contributed by atoms with van der Waals surface area (Å²) in [7, 11) is 2.03. The molecule has 0 saturated heterocycles. The quantitative estimate of drug-likeness (QED) is 0.890. The van der Waals surface area contributed by atoms with Crippen LogP contribution in [0.25, 0.3) is 0 Å². The van der Waals surface area contributed by atoms with Gasteiger partial charge in [-0.2, -0.15) is 5.10 Å². The Morgan fingerprint density at radius 1 is 1.11 bits per heavy atom. The summed E-state index contributed by atoms with van der Waals surface area (Å²) in [6.45, 7) is 12.2. The highest BCUT2D eigenvalue weighted by atomic mass is 15.2. The third kappa shape index (κ3) is 3.95. The maximum absolute atomic E-state index is 5.75. The highest BCUT2D eigenvalue weighted by Gasteiger charge is 2.20. The van der Waals surface area contributed by atoms with E-state index in [0.717, 1.165) is 18.1 Å². The van der Waals surface area contributed by atoms with Crippen LogP contribution in [-0.4, -0.2) is 30.3 Å². The van der Waals surface area contributed by atoms with Gasteiger partial charge in [-0.3, -0.25) is 0 Å². The van der Waals surface area contributed by atoms with Crippen molar-refractivity contribution < 1.29 is 0 Å². The fourth-order valence-corrected chi connectivity index (χ4v) is 1.72. The van der Waals surface area contributed by atoms with Gasteiger partial charge in [-0.25, -0.2) is 0 Å². The van der Waals surface area contributed by atoms with Crippen LogP contribution in [0.5, 0.6) is 0 Å². The average Bonchev–Trinajstić information content (AvgIpc) is 2.27. The normalized spacial score (nSPS) is 12.6. The van der Waals surface area contributed by atoms with E-state index in [-0.39, 0.29) is 10.8 Å². The monoisotopic (exact) mass is 250 g/mol. The first-order chi connectivity index (χ1) is 8.15. The summed E-state index contributed by atoms with van der Waals surface area (Å²) in [6, 6.07) is 4.08. The van der Waals surface area contributed by atoms with Crippen LogP contribution in [0.15, 0.2) is 12.1 Å². The van der Waals surface area contributed by atoms with Gasteiger partial charge in [0.15, 0.2) is 5.82 Å². The molecule has 0 amide bonds. The minimum Gasteiger partial charge on any atom is -0.358 e. The number of anilines is 1. The van der Waals surface area contributed by atoms with E-state index in [1.54, 1.807) is 0 Å². The van der Waals surface area contributed by atoms with Crippen molar-refractivity contribution in [1.29, 1.82) is 0 Å². The molecule has 0 unspecified atom stereocenters. The lowest BCUT2D eigenvalue weighted by atomic mass is 9.92. The van der Waals surface area contributed by atoms with E-state index in [2.05, 4.69) is 49.7 Å². The third-order valence-corrected chi connectivity index (χ3v) is 3.03. The van der Waals surface area contributed by atoms with Crippen LogP contribution in [-0.2, 0) is 5.41 Å². The van der Waals surface area contributed by atoms with Crippen LogP contribution in [0.1, 0.15) is 40.3 Å². The van der Waals surface area contributed by atoms with Gasteiger partial charge in [0.2, 0.25) is 0 Å². The van der Waals surface area contributed by atoms with Crippen LogP contribution in [0.4, 0.5) is 5.82 Å². The Hall–Kier alpha value is -1.16. The molecular weight excluding hydrogens is 224 g/mol. The van der Waals surface area contributed by atoms with E-state index in [1.165, 1.54) is 0 Å². The summed E-state index contributed by atoms with van der Waals surface area (Å²) in [5.41, 5.74) is 6.89. The minimum absolute atomic E-state index is 0.0423. The average molecular weight is 250 g/mol. The van der Waals surface area contributed by atoms with Crippen molar-refractivity contribution >= 4 is 5.82 Å². The molecule has 1 aromatic heterocycles. The molecule has 0 saturated carbocycles. The first kappa shape index (κ1) is 14.9. The molecule has 2 N–H and O–H groups in total. The highest BCUT2D eigenvalue weighted by Crippen LogP contribution is 2.22. The summed E-state index contributed by atoms with van der Waals surface area (Å²) in [5.74, 6) is 0.893. The summed E-state index contributed by atoms with van der Waals surface area (Å²) in [6.07, 6.45) is 0. The van der Waals surface area contributed by atoms with Gasteiger partial charge in [0.25, 0.3) is 0 Å². The van der Waals surface area contributed by atoms with Gasteiger partial charge in [-0.05, 0) is 24.1 Å². The number of rotatable bonds is 4. The summed E-state index contributed by atoms with van der Waals surface area (Å²) in [5, 5.41) is 8.60. The van der Waals surface area contributed by atoms with Crippen molar-refractivity contribution in [2.75, 3.05) is 25.0 Å². The van der Waals surface area contributed by atoms with Crippen LogP contribution in [0, 0.1) is 5.41 Å². The molecule has 0 radical (unpaired) electrons. The van der Waals surface area contributed by atoms with Gasteiger partial charge in [-0.15, -0.1) is 5.10 Å². The second-order valence-electron chi connectivity index (χ2n) is 6.75. The van der Waals surface area contributed by atoms with E-state index in [0.29, 0.717) is 6.54 Å². The lowest BCUT2D eigenvalue weighted by molar-refractivity contribution is 0.383.